The van der Waals surface area contributed by atoms with Gasteiger partial charge in [0.25, 0.3) is 0 Å². The number of rotatable bonds is 5. The van der Waals surface area contributed by atoms with Gasteiger partial charge in [0.1, 0.15) is 5.82 Å². The van der Waals surface area contributed by atoms with Crippen molar-refractivity contribution in [2.45, 2.75) is 6.42 Å². The molecule has 2 heterocycles. The summed E-state index contributed by atoms with van der Waals surface area (Å²) in [6.07, 6.45) is 6.11. The minimum atomic E-state index is 0.379. The van der Waals surface area contributed by atoms with E-state index in [1.165, 1.54) is 5.56 Å². The molecule has 2 aromatic rings. The van der Waals surface area contributed by atoms with E-state index in [0.29, 0.717) is 11.8 Å². The van der Waals surface area contributed by atoms with Gasteiger partial charge in [-0.1, -0.05) is 0 Å². The number of nitrogen functional groups attached to an aromatic ring is 1. The molecule has 4 N–H and O–H groups in total. The molecule has 0 aromatic carbocycles. The van der Waals surface area contributed by atoms with Gasteiger partial charge >= 0.3 is 0 Å². The molecule has 0 atom stereocenters. The lowest BCUT2D eigenvalue weighted by molar-refractivity contribution is 0.988. The van der Waals surface area contributed by atoms with Crippen molar-refractivity contribution in [3.63, 3.8) is 0 Å². The summed E-state index contributed by atoms with van der Waals surface area (Å²) in [7, 11) is 0. The van der Waals surface area contributed by atoms with Crippen LogP contribution in [-0.2, 0) is 6.42 Å². The Bertz CT molecular complexity index is 504. The zero-order valence-electron chi connectivity index (χ0n) is 9.60. The van der Waals surface area contributed by atoms with E-state index in [0.717, 1.165) is 17.4 Å². The second-order valence-corrected chi connectivity index (χ2v) is 4.42. The van der Waals surface area contributed by atoms with Gasteiger partial charge in [-0.15, -0.1) is 0 Å². The van der Waals surface area contributed by atoms with Crippen molar-refractivity contribution in [1.82, 2.24) is 15.0 Å². The molecule has 0 unspecified atom stereocenters. The minimum Gasteiger partial charge on any atom is -0.369 e. The van der Waals surface area contributed by atoms with Crippen LogP contribution in [0.2, 0.25) is 0 Å². The van der Waals surface area contributed by atoms with Crippen LogP contribution < -0.4 is 16.6 Å². The first-order valence-electron chi connectivity index (χ1n) is 5.41. The average Bonchev–Trinajstić information content (AvgIpc) is 2.42. The molecule has 18 heavy (non-hydrogen) atoms. The second kappa shape index (κ2) is 6.27. The van der Waals surface area contributed by atoms with E-state index < -0.39 is 0 Å². The van der Waals surface area contributed by atoms with Crippen LogP contribution in [0.4, 0.5) is 11.8 Å². The Kier molecular flexibility index (Phi) is 4.43. The van der Waals surface area contributed by atoms with Gasteiger partial charge in [0.05, 0.1) is 4.47 Å². The number of hydrogen-bond acceptors (Lipinski definition) is 6. The van der Waals surface area contributed by atoms with E-state index in [-0.39, 0.29) is 0 Å². The van der Waals surface area contributed by atoms with Gasteiger partial charge in [-0.05, 0) is 40.0 Å². The van der Waals surface area contributed by atoms with Gasteiger partial charge in [0, 0.05) is 25.1 Å². The third-order valence-corrected chi connectivity index (χ3v) is 2.91. The first-order chi connectivity index (χ1) is 8.79. The molecule has 6 nitrogen and oxygen atoms in total. The summed E-state index contributed by atoms with van der Waals surface area (Å²) in [5.74, 6) is 6.36. The molecule has 0 amide bonds. The second-order valence-electron chi connectivity index (χ2n) is 3.57. The smallest absolute Gasteiger partial charge is 0.239 e. The third kappa shape index (κ3) is 3.38. The van der Waals surface area contributed by atoms with Crippen molar-refractivity contribution < 1.29 is 0 Å². The molecule has 0 aliphatic heterocycles. The zero-order valence-corrected chi connectivity index (χ0v) is 11.2. The monoisotopic (exact) mass is 308 g/mol. The molecular formula is C11H13BrN6. The first-order valence-corrected chi connectivity index (χ1v) is 6.21. The van der Waals surface area contributed by atoms with Crippen LogP contribution in [0.15, 0.2) is 35.2 Å². The van der Waals surface area contributed by atoms with Crippen LogP contribution in [0.3, 0.4) is 0 Å². The minimum absolute atomic E-state index is 0.379. The van der Waals surface area contributed by atoms with Gasteiger partial charge in [-0.2, -0.15) is 4.98 Å². The highest BCUT2D eigenvalue weighted by Crippen LogP contribution is 2.19. The van der Waals surface area contributed by atoms with Crippen molar-refractivity contribution in [2.75, 3.05) is 17.3 Å². The summed E-state index contributed by atoms with van der Waals surface area (Å²) < 4.78 is 0.802. The van der Waals surface area contributed by atoms with Crippen LogP contribution in [0.25, 0.3) is 0 Å². The molecule has 0 spiro atoms. The number of pyridine rings is 1. The average molecular weight is 309 g/mol. The normalized spacial score (nSPS) is 10.1. The first kappa shape index (κ1) is 12.7. The maximum absolute atomic E-state index is 5.26. The maximum atomic E-state index is 5.26. The molecule has 2 rings (SSSR count). The number of hydrazine groups is 1. The molecular weight excluding hydrogens is 296 g/mol. The molecule has 0 aliphatic carbocycles. The largest absolute Gasteiger partial charge is 0.369 e. The molecule has 7 heteroatoms. The Labute approximate surface area is 113 Å². The maximum Gasteiger partial charge on any atom is 0.239 e. The Morgan fingerprint density at radius 3 is 2.78 bits per heavy atom. The fraction of sp³-hybridized carbons (Fsp3) is 0.182. The van der Waals surface area contributed by atoms with Gasteiger partial charge in [0.2, 0.25) is 5.95 Å². The third-order valence-electron chi connectivity index (χ3n) is 2.33. The molecule has 94 valence electrons. The number of nitrogens with zero attached hydrogens (tertiary/aromatic N) is 3. The zero-order chi connectivity index (χ0) is 12.8. The van der Waals surface area contributed by atoms with Gasteiger partial charge in [0.15, 0.2) is 0 Å². The van der Waals surface area contributed by atoms with Crippen LogP contribution >= 0.6 is 15.9 Å². The number of anilines is 2. The summed E-state index contributed by atoms with van der Waals surface area (Å²) in [4.78, 5) is 12.2. The Balaban J connectivity index is 1.94. The van der Waals surface area contributed by atoms with Crippen molar-refractivity contribution in [2.24, 2.45) is 5.84 Å². The van der Waals surface area contributed by atoms with E-state index in [4.69, 9.17) is 5.84 Å². The lowest BCUT2D eigenvalue weighted by Crippen LogP contribution is -2.13. The van der Waals surface area contributed by atoms with Crippen LogP contribution in [0.1, 0.15) is 5.56 Å². The van der Waals surface area contributed by atoms with Crippen LogP contribution in [-0.4, -0.2) is 21.5 Å². The molecule has 0 saturated carbocycles. The summed E-state index contributed by atoms with van der Waals surface area (Å²) >= 11 is 3.38. The van der Waals surface area contributed by atoms with Gasteiger partial charge < -0.3 is 5.32 Å². The predicted octanol–water partition coefficient (Wildman–Crippen LogP) is 1.57. The molecule has 0 saturated heterocycles. The molecule has 2 aromatic heterocycles. The Morgan fingerprint density at radius 2 is 2.06 bits per heavy atom. The number of nitrogens with one attached hydrogen (secondary N) is 2. The van der Waals surface area contributed by atoms with Gasteiger partial charge in [-0.3, -0.25) is 10.4 Å². The predicted molar refractivity (Wildman–Crippen MR) is 74.0 cm³/mol. The Hall–Kier alpha value is -1.73. The molecule has 0 radical (unpaired) electrons. The van der Waals surface area contributed by atoms with Crippen molar-refractivity contribution in [1.29, 1.82) is 0 Å². The van der Waals surface area contributed by atoms with E-state index >= 15 is 0 Å². The lowest BCUT2D eigenvalue weighted by atomic mass is 10.2. The molecule has 0 fully saturated rings. The lowest BCUT2D eigenvalue weighted by Gasteiger charge is -2.08. The summed E-state index contributed by atoms with van der Waals surface area (Å²) in [6.45, 7) is 0.767. The highest BCUT2D eigenvalue weighted by atomic mass is 79.9. The van der Waals surface area contributed by atoms with Crippen LogP contribution in [0.5, 0.6) is 0 Å². The Morgan fingerprint density at radius 1 is 1.28 bits per heavy atom. The number of halogens is 1. The standard InChI is InChI=1S/C11H13BrN6/c12-9-7-16-11(18-13)17-10(9)15-6-3-8-1-4-14-5-2-8/h1-2,4-5,7H,3,6,13H2,(H2,15,16,17,18). The molecule has 0 aliphatic rings. The van der Waals surface area contributed by atoms with Crippen molar-refractivity contribution in [3.8, 4) is 0 Å². The fourth-order valence-corrected chi connectivity index (χ4v) is 1.77. The topological polar surface area (TPSA) is 88.8 Å². The molecule has 0 bridgehead atoms. The van der Waals surface area contributed by atoms with Gasteiger partial charge in [-0.25, -0.2) is 10.8 Å². The summed E-state index contributed by atoms with van der Waals surface area (Å²) in [5.41, 5.74) is 3.63. The quantitative estimate of drug-likeness (QED) is 0.574. The van der Waals surface area contributed by atoms with Crippen molar-refractivity contribution >= 4 is 27.7 Å². The summed E-state index contributed by atoms with van der Waals surface area (Å²) in [6, 6.07) is 3.98. The highest BCUT2D eigenvalue weighted by Gasteiger charge is 2.03. The highest BCUT2D eigenvalue weighted by molar-refractivity contribution is 9.10. The van der Waals surface area contributed by atoms with E-state index in [2.05, 4.69) is 41.6 Å². The SMILES string of the molecule is NNc1ncc(Br)c(NCCc2ccncc2)n1. The summed E-state index contributed by atoms with van der Waals surface area (Å²) in [5, 5.41) is 3.22. The number of hydrogen-bond donors (Lipinski definition) is 3. The van der Waals surface area contributed by atoms with E-state index in [9.17, 15) is 0 Å². The number of nitrogens with two attached hydrogens (primary N) is 1. The van der Waals surface area contributed by atoms with E-state index in [1.54, 1.807) is 18.6 Å². The van der Waals surface area contributed by atoms with Crippen molar-refractivity contribution in [3.05, 3.63) is 40.8 Å². The van der Waals surface area contributed by atoms with Crippen LogP contribution in [0, 0.1) is 0 Å². The fourth-order valence-electron chi connectivity index (χ4n) is 1.44. The van der Waals surface area contributed by atoms with E-state index in [1.807, 2.05) is 12.1 Å². The number of aromatic nitrogens is 3.